The van der Waals surface area contributed by atoms with Gasteiger partial charge in [-0.05, 0) is 29.8 Å². The monoisotopic (exact) mass is 328 g/mol. The van der Waals surface area contributed by atoms with Crippen molar-refractivity contribution in [1.29, 1.82) is 0 Å². The summed E-state index contributed by atoms with van der Waals surface area (Å²) >= 11 is 0. The zero-order chi connectivity index (χ0) is 17.4. The molecular formula is C18H20N2O4. The normalized spacial score (nSPS) is 11.2. The van der Waals surface area contributed by atoms with Crippen LogP contribution in [-0.2, 0) is 14.3 Å². The number of carbonyl (C=O) groups excluding carboxylic acids is 2. The third-order valence-electron chi connectivity index (χ3n) is 3.43. The highest BCUT2D eigenvalue weighted by molar-refractivity contribution is 5.88. The van der Waals surface area contributed by atoms with E-state index in [1.807, 2.05) is 42.5 Å². The predicted octanol–water partition coefficient (Wildman–Crippen LogP) is 2.14. The lowest BCUT2D eigenvalue weighted by Gasteiger charge is -2.20. The predicted molar refractivity (Wildman–Crippen MR) is 90.8 cm³/mol. The fourth-order valence-corrected chi connectivity index (χ4v) is 2.13. The number of ether oxygens (including phenoxy) is 2. The van der Waals surface area contributed by atoms with Crippen LogP contribution in [0.1, 0.15) is 11.6 Å². The summed E-state index contributed by atoms with van der Waals surface area (Å²) in [6.07, 6.45) is 0. The summed E-state index contributed by atoms with van der Waals surface area (Å²) in [5.41, 5.74) is 1.55. The molecule has 0 saturated heterocycles. The van der Waals surface area contributed by atoms with Gasteiger partial charge in [-0.25, -0.2) is 0 Å². The first-order valence-electron chi connectivity index (χ1n) is 7.44. The van der Waals surface area contributed by atoms with Crippen LogP contribution in [0.25, 0.3) is 0 Å². The average molecular weight is 328 g/mol. The van der Waals surface area contributed by atoms with Crippen LogP contribution in [0.3, 0.4) is 0 Å². The molecule has 2 N–H and O–H groups in total. The van der Waals surface area contributed by atoms with E-state index in [0.717, 1.165) is 17.0 Å². The number of rotatable bonds is 7. The van der Waals surface area contributed by atoms with Crippen LogP contribution in [0.15, 0.2) is 54.6 Å². The van der Waals surface area contributed by atoms with E-state index < -0.39 is 12.0 Å². The number of benzene rings is 2. The molecule has 0 aliphatic carbocycles. The number of amides is 1. The molecule has 2 aromatic rings. The molecule has 2 aromatic carbocycles. The fourth-order valence-electron chi connectivity index (χ4n) is 2.13. The number of hydrogen-bond donors (Lipinski definition) is 2. The standard InChI is InChI=1S/C18H20N2O4/c1-23-15-10-8-14(9-11-15)20-17(13-6-4-3-5-7-13)18(22)19-12-16(21)24-2/h3-11,17,20H,12H2,1-2H3,(H,19,22)/t17-/m1/s1. The second-order valence-corrected chi connectivity index (χ2v) is 5.01. The van der Waals surface area contributed by atoms with Gasteiger partial charge >= 0.3 is 5.97 Å². The van der Waals surface area contributed by atoms with Crippen LogP contribution in [0.5, 0.6) is 5.75 Å². The lowest BCUT2D eigenvalue weighted by Crippen LogP contribution is -2.37. The maximum absolute atomic E-state index is 12.5. The first-order valence-corrected chi connectivity index (χ1v) is 7.44. The Labute approximate surface area is 140 Å². The van der Waals surface area contributed by atoms with E-state index in [1.165, 1.54) is 7.11 Å². The van der Waals surface area contributed by atoms with Gasteiger partial charge in [-0.2, -0.15) is 0 Å². The topological polar surface area (TPSA) is 76.7 Å². The molecule has 0 bridgehead atoms. The summed E-state index contributed by atoms with van der Waals surface area (Å²) in [4.78, 5) is 23.7. The summed E-state index contributed by atoms with van der Waals surface area (Å²) in [7, 11) is 2.87. The van der Waals surface area contributed by atoms with E-state index in [2.05, 4.69) is 15.4 Å². The Kier molecular flexibility index (Phi) is 6.19. The molecule has 126 valence electrons. The number of hydrogen-bond acceptors (Lipinski definition) is 5. The smallest absolute Gasteiger partial charge is 0.325 e. The van der Waals surface area contributed by atoms with Gasteiger partial charge in [-0.3, -0.25) is 9.59 Å². The molecule has 1 amide bonds. The van der Waals surface area contributed by atoms with Crippen LogP contribution in [0.4, 0.5) is 5.69 Å². The fraction of sp³-hybridized carbons (Fsp3) is 0.222. The molecule has 0 unspecified atom stereocenters. The van der Waals surface area contributed by atoms with Crippen LogP contribution < -0.4 is 15.4 Å². The Balaban J connectivity index is 2.16. The SMILES string of the molecule is COC(=O)CNC(=O)[C@H](Nc1ccc(OC)cc1)c1ccccc1. The molecule has 6 heteroatoms. The molecule has 0 fully saturated rings. The number of nitrogens with one attached hydrogen (secondary N) is 2. The van der Waals surface area contributed by atoms with Gasteiger partial charge in [-0.15, -0.1) is 0 Å². The second kappa shape index (κ2) is 8.57. The van der Waals surface area contributed by atoms with E-state index in [9.17, 15) is 9.59 Å². The van der Waals surface area contributed by atoms with Crippen LogP contribution in [0.2, 0.25) is 0 Å². The van der Waals surface area contributed by atoms with Gasteiger partial charge in [-0.1, -0.05) is 30.3 Å². The van der Waals surface area contributed by atoms with E-state index in [4.69, 9.17) is 4.74 Å². The van der Waals surface area contributed by atoms with Gasteiger partial charge in [0.2, 0.25) is 5.91 Å². The summed E-state index contributed by atoms with van der Waals surface area (Å²) in [5.74, 6) is -0.0889. The van der Waals surface area contributed by atoms with Crippen molar-refractivity contribution >= 4 is 17.6 Å². The van der Waals surface area contributed by atoms with Crippen molar-refractivity contribution in [3.8, 4) is 5.75 Å². The molecule has 0 heterocycles. The maximum atomic E-state index is 12.5. The van der Waals surface area contributed by atoms with Crippen molar-refractivity contribution in [2.75, 3.05) is 26.1 Å². The molecule has 0 aliphatic rings. The van der Waals surface area contributed by atoms with Crippen molar-refractivity contribution in [1.82, 2.24) is 5.32 Å². The highest BCUT2D eigenvalue weighted by atomic mass is 16.5. The summed E-state index contributed by atoms with van der Waals surface area (Å²) < 4.78 is 9.67. The minimum atomic E-state index is -0.635. The van der Waals surface area contributed by atoms with Crippen molar-refractivity contribution in [2.24, 2.45) is 0 Å². The number of carbonyl (C=O) groups is 2. The molecule has 0 spiro atoms. The first-order chi connectivity index (χ1) is 11.6. The molecule has 1 atom stereocenters. The Morgan fingerprint density at radius 3 is 2.25 bits per heavy atom. The van der Waals surface area contributed by atoms with Crippen LogP contribution >= 0.6 is 0 Å². The molecule has 2 rings (SSSR count). The van der Waals surface area contributed by atoms with Crippen LogP contribution in [0, 0.1) is 0 Å². The summed E-state index contributed by atoms with van der Waals surface area (Å²) in [5, 5.41) is 5.74. The molecule has 0 saturated carbocycles. The Bertz CT molecular complexity index is 671. The largest absolute Gasteiger partial charge is 0.497 e. The van der Waals surface area contributed by atoms with Crippen molar-refractivity contribution in [2.45, 2.75) is 6.04 Å². The van der Waals surface area contributed by atoms with Gasteiger partial charge in [0.15, 0.2) is 0 Å². The lowest BCUT2D eigenvalue weighted by atomic mass is 10.1. The third-order valence-corrected chi connectivity index (χ3v) is 3.43. The Morgan fingerprint density at radius 1 is 1.00 bits per heavy atom. The summed E-state index contributed by atoms with van der Waals surface area (Å²) in [6, 6.07) is 15.9. The first kappa shape index (κ1) is 17.3. The van der Waals surface area contributed by atoms with Gasteiger partial charge in [0.25, 0.3) is 0 Å². The van der Waals surface area contributed by atoms with Crippen molar-refractivity contribution in [3.05, 3.63) is 60.2 Å². The van der Waals surface area contributed by atoms with Gasteiger partial charge in [0.1, 0.15) is 18.3 Å². The van der Waals surface area contributed by atoms with Crippen molar-refractivity contribution < 1.29 is 19.1 Å². The van der Waals surface area contributed by atoms with E-state index in [1.54, 1.807) is 19.2 Å². The minimum Gasteiger partial charge on any atom is -0.497 e. The van der Waals surface area contributed by atoms with Crippen LogP contribution in [-0.4, -0.2) is 32.6 Å². The highest BCUT2D eigenvalue weighted by Crippen LogP contribution is 2.22. The van der Waals surface area contributed by atoms with E-state index >= 15 is 0 Å². The second-order valence-electron chi connectivity index (χ2n) is 5.01. The quantitative estimate of drug-likeness (QED) is 0.762. The van der Waals surface area contributed by atoms with Gasteiger partial charge < -0.3 is 20.1 Å². The van der Waals surface area contributed by atoms with E-state index in [0.29, 0.717) is 0 Å². The molecular weight excluding hydrogens is 308 g/mol. The Hall–Kier alpha value is -3.02. The maximum Gasteiger partial charge on any atom is 0.325 e. The zero-order valence-corrected chi connectivity index (χ0v) is 13.6. The summed E-state index contributed by atoms with van der Waals surface area (Å²) in [6.45, 7) is -0.178. The highest BCUT2D eigenvalue weighted by Gasteiger charge is 2.21. The van der Waals surface area contributed by atoms with Crippen molar-refractivity contribution in [3.63, 3.8) is 0 Å². The molecule has 0 aliphatic heterocycles. The third kappa shape index (κ3) is 4.74. The zero-order valence-electron chi connectivity index (χ0n) is 13.6. The number of esters is 1. The van der Waals surface area contributed by atoms with E-state index in [-0.39, 0.29) is 12.5 Å². The number of methoxy groups -OCH3 is 2. The molecule has 0 aromatic heterocycles. The molecule has 6 nitrogen and oxygen atoms in total. The molecule has 24 heavy (non-hydrogen) atoms. The van der Waals surface area contributed by atoms with Gasteiger partial charge in [0.05, 0.1) is 14.2 Å². The lowest BCUT2D eigenvalue weighted by molar-refractivity contribution is -0.141. The Morgan fingerprint density at radius 2 is 1.67 bits per heavy atom. The number of anilines is 1. The molecule has 0 radical (unpaired) electrons. The van der Waals surface area contributed by atoms with Gasteiger partial charge in [0, 0.05) is 5.69 Å². The average Bonchev–Trinajstić information content (AvgIpc) is 2.65. The minimum absolute atomic E-state index is 0.178.